The molecule has 0 N–H and O–H groups in total. The van der Waals surface area contributed by atoms with Gasteiger partial charge in [-0.2, -0.15) is 4.98 Å². The van der Waals surface area contributed by atoms with Crippen LogP contribution in [-0.4, -0.2) is 119 Å². The summed E-state index contributed by atoms with van der Waals surface area (Å²) >= 11 is 0. The first-order chi connectivity index (χ1) is 25.0. The van der Waals surface area contributed by atoms with E-state index in [1.807, 2.05) is 13.0 Å². The second-order valence-electron chi connectivity index (χ2n) is 13.1. The number of carbonyl (C=O) groups is 2. The highest BCUT2D eigenvalue weighted by Gasteiger charge is 2.31. The Morgan fingerprint density at radius 1 is 0.843 bits per heavy atom. The number of nitrogens with zero attached hydrogens (tertiary/aromatic N) is 5. The molecule has 274 valence electrons. The number of halogens is 1. The molecule has 5 heterocycles. The second kappa shape index (κ2) is 16.5. The average molecular weight is 708 g/mol. The maximum atomic E-state index is 14.9. The van der Waals surface area contributed by atoms with Crippen LogP contribution < -0.4 is 9.80 Å². The highest BCUT2D eigenvalue weighted by atomic mass is 19.1. The van der Waals surface area contributed by atoms with Crippen LogP contribution in [-0.2, 0) is 59.2 Å². The topological polar surface area (TPSA) is 121 Å². The minimum absolute atomic E-state index is 0.0706. The predicted octanol–water partition coefficient (Wildman–Crippen LogP) is 3.52. The number of benzene rings is 1. The molecule has 1 aromatic carbocycles. The van der Waals surface area contributed by atoms with Crippen LogP contribution in [0.5, 0.6) is 0 Å². The van der Waals surface area contributed by atoms with Crippen molar-refractivity contribution < 1.29 is 42.1 Å². The zero-order chi connectivity index (χ0) is 35.2. The Bertz CT molecular complexity index is 1740. The number of hydrogen-bond acceptors (Lipinski definition) is 11. The van der Waals surface area contributed by atoms with Gasteiger partial charge < -0.3 is 42.5 Å². The molecule has 2 amide bonds. The van der Waals surface area contributed by atoms with E-state index in [4.69, 9.17) is 33.1 Å². The third-order valence-electron chi connectivity index (χ3n) is 9.80. The molecule has 1 atom stereocenters. The second-order valence-corrected chi connectivity index (χ2v) is 13.1. The summed E-state index contributed by atoms with van der Waals surface area (Å²) in [5.41, 5.74) is 7.50. The van der Waals surface area contributed by atoms with E-state index in [0.717, 1.165) is 60.0 Å². The van der Waals surface area contributed by atoms with E-state index in [9.17, 15) is 14.0 Å². The molecule has 2 aromatic heterocycles. The van der Waals surface area contributed by atoms with Crippen LogP contribution in [0.1, 0.15) is 29.4 Å². The fraction of sp³-hybridized carbons (Fsp3) is 0.541. The Kier molecular flexibility index (Phi) is 11.4. The summed E-state index contributed by atoms with van der Waals surface area (Å²) in [5, 5.41) is 0. The summed E-state index contributed by atoms with van der Waals surface area (Å²) in [6, 6.07) is 6.87. The largest absolute Gasteiger partial charge is 0.423 e. The number of carbonyl (C=O) groups excluding carboxylic acids is 2. The number of morpholine rings is 1. The van der Waals surface area contributed by atoms with E-state index < -0.39 is 0 Å². The van der Waals surface area contributed by atoms with Gasteiger partial charge in [-0.1, -0.05) is 6.92 Å². The number of anilines is 2. The maximum absolute atomic E-state index is 14.9. The van der Waals surface area contributed by atoms with Gasteiger partial charge in [-0.25, -0.2) is 4.39 Å². The molecule has 51 heavy (non-hydrogen) atoms. The lowest BCUT2D eigenvalue weighted by molar-refractivity contribution is -0.137. The van der Waals surface area contributed by atoms with Crippen molar-refractivity contribution in [2.45, 2.75) is 32.9 Å². The van der Waals surface area contributed by atoms with E-state index in [1.165, 1.54) is 29.0 Å². The molecule has 4 aliphatic rings. The lowest BCUT2D eigenvalue weighted by Crippen LogP contribution is -2.36. The van der Waals surface area contributed by atoms with Crippen molar-refractivity contribution in [3.8, 4) is 0 Å². The number of oxazole rings is 1. The lowest BCUT2D eigenvalue weighted by atomic mass is 9.90. The van der Waals surface area contributed by atoms with Crippen molar-refractivity contribution in [1.29, 1.82) is 0 Å². The molecule has 1 aliphatic carbocycles. The number of imide groups is 1. The highest BCUT2D eigenvalue weighted by molar-refractivity contribution is 6.12. The quantitative estimate of drug-likeness (QED) is 0.151. The summed E-state index contributed by atoms with van der Waals surface area (Å²) in [7, 11) is 0. The van der Waals surface area contributed by atoms with Gasteiger partial charge in [0.15, 0.2) is 5.58 Å². The molecule has 14 heteroatoms. The molecular formula is C37H46FN5O8. The van der Waals surface area contributed by atoms with Crippen molar-refractivity contribution in [2.75, 3.05) is 102 Å². The molecule has 1 unspecified atom stereocenters. The maximum Gasteiger partial charge on any atom is 0.298 e. The fourth-order valence-electron chi connectivity index (χ4n) is 7.04. The Morgan fingerprint density at radius 3 is 2.22 bits per heavy atom. The summed E-state index contributed by atoms with van der Waals surface area (Å²) in [6.07, 6.45) is 5.78. The van der Waals surface area contributed by atoms with Gasteiger partial charge in [-0.15, -0.1) is 0 Å². The predicted molar refractivity (Wildman–Crippen MR) is 187 cm³/mol. The Labute approximate surface area is 296 Å². The van der Waals surface area contributed by atoms with E-state index in [2.05, 4.69) is 26.5 Å². The third-order valence-corrected chi connectivity index (χ3v) is 9.80. The number of hydrogen-bond donors (Lipinski definition) is 0. The van der Waals surface area contributed by atoms with E-state index in [-0.39, 0.29) is 36.7 Å². The van der Waals surface area contributed by atoms with Gasteiger partial charge in [0.1, 0.15) is 11.3 Å². The van der Waals surface area contributed by atoms with Gasteiger partial charge in [0.25, 0.3) is 17.8 Å². The fourth-order valence-corrected chi connectivity index (χ4v) is 7.04. The first-order valence-corrected chi connectivity index (χ1v) is 17.9. The number of aromatic nitrogens is 2. The van der Waals surface area contributed by atoms with E-state index in [1.54, 1.807) is 6.08 Å². The third kappa shape index (κ3) is 8.20. The van der Waals surface area contributed by atoms with Crippen LogP contribution >= 0.6 is 0 Å². The van der Waals surface area contributed by atoms with Crippen molar-refractivity contribution in [2.24, 2.45) is 5.92 Å². The molecule has 7 rings (SSSR count). The van der Waals surface area contributed by atoms with Crippen molar-refractivity contribution >= 4 is 40.7 Å². The zero-order valence-electron chi connectivity index (χ0n) is 29.1. The van der Waals surface area contributed by atoms with Crippen molar-refractivity contribution in [3.05, 3.63) is 58.7 Å². The standard InChI is InChI=1S/C37H46FN5O8/c1-26-22-28-29-25-41(27-2-3-34-31(23-27)39-37(51-34)40-8-12-46-13-9-40)7-6-32(29)42(33(28)24-30(26)38)10-14-47-16-18-49-20-21-50-19-17-48-15-11-43-35(44)4-5-36(43)45/h2-5,23-24,26H,6-22,25H2,1H3. The van der Waals surface area contributed by atoms with Crippen LogP contribution in [0.3, 0.4) is 0 Å². The number of amides is 2. The van der Waals surface area contributed by atoms with Gasteiger partial charge in [-0.05, 0) is 41.8 Å². The normalized spacial score (nSPS) is 19.0. The number of allylic oxidation sites excluding steroid dienone is 1. The summed E-state index contributed by atoms with van der Waals surface area (Å²) in [6.45, 7) is 10.6. The summed E-state index contributed by atoms with van der Waals surface area (Å²) in [4.78, 5) is 33.5. The molecule has 1 saturated heterocycles. The van der Waals surface area contributed by atoms with E-state index >= 15 is 0 Å². The van der Waals surface area contributed by atoms with Crippen LogP contribution in [0.2, 0.25) is 0 Å². The first-order valence-electron chi connectivity index (χ1n) is 17.9. The molecule has 0 radical (unpaired) electrons. The lowest BCUT2D eigenvalue weighted by Gasteiger charge is -2.30. The average Bonchev–Trinajstić information content (AvgIpc) is 3.81. The van der Waals surface area contributed by atoms with Crippen LogP contribution in [0.25, 0.3) is 17.2 Å². The number of rotatable bonds is 17. The van der Waals surface area contributed by atoms with E-state index in [0.29, 0.717) is 78.4 Å². The Morgan fingerprint density at radius 2 is 1.51 bits per heavy atom. The molecule has 0 bridgehead atoms. The summed E-state index contributed by atoms with van der Waals surface area (Å²) in [5.74, 6) is -0.830. The van der Waals surface area contributed by atoms with Gasteiger partial charge in [-0.3, -0.25) is 14.5 Å². The molecule has 3 aliphatic heterocycles. The molecular weight excluding hydrogens is 661 g/mol. The molecule has 3 aromatic rings. The smallest absolute Gasteiger partial charge is 0.298 e. The minimum atomic E-state index is -0.310. The van der Waals surface area contributed by atoms with Crippen LogP contribution in [0.15, 0.2) is 40.6 Å². The Hall–Kier alpha value is -4.08. The molecule has 13 nitrogen and oxygen atoms in total. The van der Waals surface area contributed by atoms with Crippen LogP contribution in [0.4, 0.5) is 16.1 Å². The Balaban J connectivity index is 0.855. The number of fused-ring (bicyclic) bond motifs is 4. The van der Waals surface area contributed by atoms with Crippen LogP contribution in [0, 0.1) is 5.92 Å². The van der Waals surface area contributed by atoms with Gasteiger partial charge in [0.2, 0.25) is 0 Å². The SMILES string of the molecule is CC1Cc2c3c(n(CCOCCOCCOCCOCCN4C(=O)C=CC4=O)c2C=C1F)CCN(c1ccc2oc(N4CCOCC4)nc2c1)C3. The van der Waals surface area contributed by atoms with Gasteiger partial charge in [0.05, 0.1) is 72.6 Å². The highest BCUT2D eigenvalue weighted by Crippen LogP contribution is 2.39. The molecule has 0 spiro atoms. The number of ether oxygens (including phenoxy) is 5. The zero-order valence-corrected chi connectivity index (χ0v) is 29.1. The van der Waals surface area contributed by atoms with Gasteiger partial charge in [0, 0.05) is 74.3 Å². The van der Waals surface area contributed by atoms with Crippen molar-refractivity contribution in [3.63, 3.8) is 0 Å². The minimum Gasteiger partial charge on any atom is -0.423 e. The first kappa shape index (κ1) is 35.3. The monoisotopic (exact) mass is 707 g/mol. The molecule has 0 saturated carbocycles. The molecule has 1 fully saturated rings. The van der Waals surface area contributed by atoms with Crippen molar-refractivity contribution in [1.82, 2.24) is 14.5 Å². The summed E-state index contributed by atoms with van der Waals surface area (Å²) < 4.78 is 51.3. The van der Waals surface area contributed by atoms with Gasteiger partial charge >= 0.3 is 0 Å².